The Bertz CT molecular complexity index is 833. The van der Waals surface area contributed by atoms with Gasteiger partial charge in [0.25, 0.3) is 0 Å². The third kappa shape index (κ3) is 4.88. The minimum absolute atomic E-state index is 0.0509. The van der Waals surface area contributed by atoms with Gasteiger partial charge in [-0.3, -0.25) is 9.78 Å². The van der Waals surface area contributed by atoms with E-state index in [9.17, 15) is 4.79 Å². The molecule has 2 aromatic carbocycles. The van der Waals surface area contributed by atoms with Crippen LogP contribution in [0, 0.1) is 0 Å². The van der Waals surface area contributed by atoms with Crippen LogP contribution in [0.4, 0.5) is 0 Å². The number of hydrogen-bond donors (Lipinski definition) is 2. The van der Waals surface area contributed by atoms with E-state index < -0.39 is 0 Å². The number of pyridine rings is 1. The summed E-state index contributed by atoms with van der Waals surface area (Å²) in [7, 11) is 0. The molecule has 1 atom stereocenters. The van der Waals surface area contributed by atoms with Gasteiger partial charge in [-0.2, -0.15) is 0 Å². The lowest BCUT2D eigenvalue weighted by molar-refractivity contribution is -0.121. The first kappa shape index (κ1) is 17.1. The van der Waals surface area contributed by atoms with Gasteiger partial charge in [0.15, 0.2) is 0 Å². The summed E-state index contributed by atoms with van der Waals surface area (Å²) in [5, 5.41) is 7.45. The summed E-state index contributed by atoms with van der Waals surface area (Å²) in [4.78, 5) is 16.6. The van der Waals surface area contributed by atoms with Gasteiger partial charge < -0.3 is 10.6 Å². The standard InChI is InChI=1S/C21H23N3O/c1-16(19-12-11-18-9-5-6-10-20(18)24-19)22-14-13-21(25)23-15-17-7-3-2-4-8-17/h2-12,16,22H,13-15H2,1H3,(H,23,25). The van der Waals surface area contributed by atoms with Crippen LogP contribution in [0.3, 0.4) is 0 Å². The van der Waals surface area contributed by atoms with Gasteiger partial charge in [-0.05, 0) is 24.6 Å². The van der Waals surface area contributed by atoms with Gasteiger partial charge in [-0.1, -0.05) is 54.6 Å². The van der Waals surface area contributed by atoms with Crippen LogP contribution < -0.4 is 10.6 Å². The summed E-state index contributed by atoms with van der Waals surface area (Å²) in [6, 6.07) is 22.2. The van der Waals surface area contributed by atoms with Gasteiger partial charge in [0.2, 0.25) is 5.91 Å². The second kappa shape index (κ2) is 8.40. The van der Waals surface area contributed by atoms with E-state index >= 15 is 0 Å². The first-order valence-corrected chi connectivity index (χ1v) is 8.62. The number of nitrogens with zero attached hydrogens (tertiary/aromatic N) is 1. The normalized spacial score (nSPS) is 12.0. The maximum atomic E-state index is 11.9. The molecule has 3 aromatic rings. The molecular weight excluding hydrogens is 310 g/mol. The second-order valence-corrected chi connectivity index (χ2v) is 6.12. The van der Waals surface area contributed by atoms with Gasteiger partial charge in [-0.15, -0.1) is 0 Å². The Morgan fingerprint density at radius 3 is 2.60 bits per heavy atom. The summed E-state index contributed by atoms with van der Waals surface area (Å²) in [5.41, 5.74) is 3.09. The number of aromatic nitrogens is 1. The lowest BCUT2D eigenvalue weighted by Crippen LogP contribution is -2.28. The molecule has 0 aliphatic rings. The Morgan fingerprint density at radius 1 is 1.00 bits per heavy atom. The Kier molecular flexibility index (Phi) is 5.75. The molecule has 4 heteroatoms. The van der Waals surface area contributed by atoms with E-state index in [2.05, 4.69) is 34.7 Å². The zero-order chi connectivity index (χ0) is 17.5. The van der Waals surface area contributed by atoms with Crippen molar-refractivity contribution in [2.45, 2.75) is 25.9 Å². The van der Waals surface area contributed by atoms with Gasteiger partial charge in [0, 0.05) is 30.9 Å². The number of hydrogen-bond acceptors (Lipinski definition) is 3. The molecule has 0 radical (unpaired) electrons. The number of carbonyl (C=O) groups excluding carboxylic acids is 1. The molecule has 25 heavy (non-hydrogen) atoms. The molecule has 0 fully saturated rings. The third-order valence-corrected chi connectivity index (χ3v) is 4.20. The summed E-state index contributed by atoms with van der Waals surface area (Å²) in [5.74, 6) is 0.0509. The predicted octanol–water partition coefficient (Wildman–Crippen LogP) is 3.59. The molecule has 1 aromatic heterocycles. The highest BCUT2D eigenvalue weighted by atomic mass is 16.1. The lowest BCUT2D eigenvalue weighted by Gasteiger charge is -2.14. The van der Waals surface area contributed by atoms with Crippen LogP contribution in [0.2, 0.25) is 0 Å². The van der Waals surface area contributed by atoms with Crippen LogP contribution in [0.1, 0.15) is 30.6 Å². The van der Waals surface area contributed by atoms with Crippen molar-refractivity contribution in [2.24, 2.45) is 0 Å². The van der Waals surface area contributed by atoms with Crippen LogP contribution in [0.15, 0.2) is 66.7 Å². The van der Waals surface area contributed by atoms with E-state index in [0.717, 1.165) is 22.2 Å². The van der Waals surface area contributed by atoms with Gasteiger partial charge >= 0.3 is 0 Å². The number of carbonyl (C=O) groups is 1. The van der Waals surface area contributed by atoms with E-state index in [-0.39, 0.29) is 11.9 Å². The number of amides is 1. The van der Waals surface area contributed by atoms with Crippen LogP contribution in [-0.4, -0.2) is 17.4 Å². The zero-order valence-electron chi connectivity index (χ0n) is 14.4. The summed E-state index contributed by atoms with van der Waals surface area (Å²) in [6.07, 6.45) is 0.449. The molecule has 4 nitrogen and oxygen atoms in total. The molecule has 0 bridgehead atoms. The maximum absolute atomic E-state index is 11.9. The van der Waals surface area contributed by atoms with Crippen LogP contribution >= 0.6 is 0 Å². The Labute approximate surface area is 148 Å². The van der Waals surface area contributed by atoms with Gasteiger partial charge in [-0.25, -0.2) is 0 Å². The molecule has 1 heterocycles. The highest BCUT2D eigenvalue weighted by Gasteiger charge is 2.08. The zero-order valence-corrected chi connectivity index (χ0v) is 14.4. The molecule has 0 saturated carbocycles. The number of para-hydroxylation sites is 1. The highest BCUT2D eigenvalue weighted by molar-refractivity contribution is 5.78. The molecule has 0 aliphatic heterocycles. The fourth-order valence-corrected chi connectivity index (χ4v) is 2.71. The van der Waals surface area contributed by atoms with Crippen LogP contribution in [-0.2, 0) is 11.3 Å². The summed E-state index contributed by atoms with van der Waals surface area (Å²) in [6.45, 7) is 3.26. The van der Waals surface area contributed by atoms with Crippen LogP contribution in [0.5, 0.6) is 0 Å². The maximum Gasteiger partial charge on any atom is 0.221 e. The molecule has 0 aliphatic carbocycles. The van der Waals surface area contributed by atoms with Crippen molar-refractivity contribution in [3.8, 4) is 0 Å². The lowest BCUT2D eigenvalue weighted by atomic mass is 10.1. The minimum atomic E-state index is 0.0509. The van der Waals surface area contributed by atoms with E-state index in [0.29, 0.717) is 19.5 Å². The highest BCUT2D eigenvalue weighted by Crippen LogP contribution is 2.16. The first-order chi connectivity index (χ1) is 12.2. The molecule has 1 amide bonds. The molecular formula is C21H23N3O. The largest absolute Gasteiger partial charge is 0.352 e. The number of benzene rings is 2. The molecule has 3 rings (SSSR count). The van der Waals surface area contributed by atoms with E-state index in [1.54, 1.807) is 0 Å². The van der Waals surface area contributed by atoms with E-state index in [1.165, 1.54) is 0 Å². The number of nitrogens with one attached hydrogen (secondary N) is 2. The Hall–Kier alpha value is -2.72. The molecule has 2 N–H and O–H groups in total. The number of rotatable bonds is 7. The quantitative estimate of drug-likeness (QED) is 0.695. The Balaban J connectivity index is 1.45. The Morgan fingerprint density at radius 2 is 1.76 bits per heavy atom. The predicted molar refractivity (Wildman–Crippen MR) is 101 cm³/mol. The van der Waals surface area contributed by atoms with Crippen molar-refractivity contribution in [3.05, 3.63) is 78.0 Å². The van der Waals surface area contributed by atoms with Crippen molar-refractivity contribution in [1.29, 1.82) is 0 Å². The molecule has 1 unspecified atom stereocenters. The van der Waals surface area contributed by atoms with Crippen molar-refractivity contribution in [2.75, 3.05) is 6.54 Å². The third-order valence-electron chi connectivity index (χ3n) is 4.20. The topological polar surface area (TPSA) is 54.0 Å². The molecule has 128 valence electrons. The van der Waals surface area contributed by atoms with Gasteiger partial charge in [0.05, 0.1) is 11.2 Å². The second-order valence-electron chi connectivity index (χ2n) is 6.12. The summed E-state index contributed by atoms with van der Waals surface area (Å²) >= 11 is 0. The SMILES string of the molecule is CC(NCCC(=O)NCc1ccccc1)c1ccc2ccccc2n1. The van der Waals surface area contributed by atoms with Crippen molar-refractivity contribution >= 4 is 16.8 Å². The number of fused-ring (bicyclic) bond motifs is 1. The summed E-state index contributed by atoms with van der Waals surface area (Å²) < 4.78 is 0. The fraction of sp³-hybridized carbons (Fsp3) is 0.238. The minimum Gasteiger partial charge on any atom is -0.352 e. The van der Waals surface area contributed by atoms with Crippen molar-refractivity contribution < 1.29 is 4.79 Å². The average Bonchev–Trinajstić information content (AvgIpc) is 2.66. The van der Waals surface area contributed by atoms with Gasteiger partial charge in [0.1, 0.15) is 0 Å². The molecule has 0 spiro atoms. The smallest absolute Gasteiger partial charge is 0.221 e. The van der Waals surface area contributed by atoms with Crippen LogP contribution in [0.25, 0.3) is 10.9 Å². The van der Waals surface area contributed by atoms with Crippen molar-refractivity contribution in [3.63, 3.8) is 0 Å². The van der Waals surface area contributed by atoms with Crippen molar-refractivity contribution in [1.82, 2.24) is 15.6 Å². The first-order valence-electron chi connectivity index (χ1n) is 8.62. The van der Waals surface area contributed by atoms with E-state index in [4.69, 9.17) is 0 Å². The average molecular weight is 333 g/mol. The molecule has 0 saturated heterocycles. The van der Waals surface area contributed by atoms with E-state index in [1.807, 2.05) is 54.6 Å². The fourth-order valence-electron chi connectivity index (χ4n) is 2.71. The monoisotopic (exact) mass is 333 g/mol.